The van der Waals surface area contributed by atoms with E-state index < -0.39 is 11.8 Å². The zero-order valence-corrected chi connectivity index (χ0v) is 16.0. The number of nitrogens with two attached hydrogens (primary N) is 1. The fraction of sp³-hybridized carbons (Fsp3) is 0.438. The molecule has 2 rings (SSSR count). The van der Waals surface area contributed by atoms with Crippen LogP contribution in [-0.4, -0.2) is 68.4 Å². The predicted molar refractivity (Wildman–Crippen MR) is 105 cm³/mol. The van der Waals surface area contributed by atoms with E-state index in [1.807, 2.05) is 30.3 Å². The summed E-state index contributed by atoms with van der Waals surface area (Å²) in [6.07, 6.45) is 0. The van der Waals surface area contributed by atoms with Crippen LogP contribution in [0.3, 0.4) is 0 Å². The number of carbonyl (C=O) groups is 3. The van der Waals surface area contributed by atoms with Crippen LogP contribution in [0.4, 0.5) is 5.69 Å². The fourth-order valence-corrected chi connectivity index (χ4v) is 2.45. The molecule has 1 saturated heterocycles. The summed E-state index contributed by atoms with van der Waals surface area (Å²) in [5.41, 5.74) is 6.27. The van der Waals surface area contributed by atoms with Crippen LogP contribution in [0.15, 0.2) is 30.3 Å². The first-order valence-electron chi connectivity index (χ1n) is 7.91. The van der Waals surface area contributed by atoms with Gasteiger partial charge in [-0.05, 0) is 12.1 Å². The lowest BCUT2D eigenvalue weighted by Crippen LogP contribution is -2.51. The molecule has 1 heterocycles. The molecule has 0 saturated carbocycles. The van der Waals surface area contributed by atoms with Crippen LogP contribution in [0.1, 0.15) is 0 Å². The van der Waals surface area contributed by atoms with Crippen LogP contribution in [0.25, 0.3) is 0 Å². The zero-order chi connectivity index (χ0) is 17.4. The molecule has 0 unspecified atom stereocenters. The van der Waals surface area contributed by atoms with Gasteiger partial charge in [0.2, 0.25) is 17.7 Å². The highest BCUT2D eigenvalue weighted by atomic mass is 35.5. The molecule has 146 valence electrons. The molecule has 1 aliphatic rings. The maximum atomic E-state index is 12.1. The third-order valence-electron chi connectivity index (χ3n) is 3.82. The minimum Gasteiger partial charge on any atom is -0.368 e. The monoisotopic (exact) mass is 405 g/mol. The number of halogens is 2. The lowest BCUT2D eigenvalue weighted by atomic mass is 10.2. The number of nitrogens with one attached hydrogen (secondary N) is 2. The quantitative estimate of drug-likeness (QED) is 0.583. The van der Waals surface area contributed by atoms with Crippen molar-refractivity contribution in [2.45, 2.75) is 0 Å². The van der Waals surface area contributed by atoms with Gasteiger partial charge in [0.05, 0.1) is 19.6 Å². The van der Waals surface area contributed by atoms with Gasteiger partial charge in [-0.2, -0.15) is 0 Å². The summed E-state index contributed by atoms with van der Waals surface area (Å²) in [7, 11) is 0. The van der Waals surface area contributed by atoms with E-state index in [2.05, 4.69) is 15.5 Å². The van der Waals surface area contributed by atoms with Crippen molar-refractivity contribution < 1.29 is 14.4 Å². The van der Waals surface area contributed by atoms with Crippen molar-refractivity contribution in [1.82, 2.24) is 15.5 Å². The molecular formula is C16H25Cl2N5O3. The Labute approximate surface area is 165 Å². The standard InChI is InChI=1S/C16H23N5O3.2ClH/c17-10-14(22)18-11-15(23)19-12-16(24)21-8-6-20(7-9-21)13-4-2-1-3-5-13;;/h1-5H,6-12,17H2,(H,18,22)(H,19,23);2*1H. The second kappa shape index (κ2) is 12.3. The molecule has 0 atom stereocenters. The van der Waals surface area contributed by atoms with E-state index in [9.17, 15) is 14.4 Å². The molecule has 0 spiro atoms. The Morgan fingerprint density at radius 1 is 0.885 bits per heavy atom. The molecule has 1 aromatic carbocycles. The molecule has 1 aromatic rings. The first-order valence-corrected chi connectivity index (χ1v) is 7.91. The third-order valence-corrected chi connectivity index (χ3v) is 3.82. The highest BCUT2D eigenvalue weighted by molar-refractivity contribution is 5.88. The molecule has 10 heteroatoms. The maximum Gasteiger partial charge on any atom is 0.242 e. The number of rotatable bonds is 6. The molecule has 1 fully saturated rings. The van der Waals surface area contributed by atoms with E-state index in [0.717, 1.165) is 18.8 Å². The summed E-state index contributed by atoms with van der Waals surface area (Å²) >= 11 is 0. The highest BCUT2D eigenvalue weighted by Gasteiger charge is 2.21. The Morgan fingerprint density at radius 3 is 2.04 bits per heavy atom. The second-order valence-corrected chi connectivity index (χ2v) is 5.46. The van der Waals surface area contributed by atoms with E-state index in [-0.39, 0.29) is 50.4 Å². The Kier molecular flexibility index (Phi) is 11.4. The van der Waals surface area contributed by atoms with Gasteiger partial charge in [-0.15, -0.1) is 24.8 Å². The van der Waals surface area contributed by atoms with Crippen molar-refractivity contribution in [3.05, 3.63) is 30.3 Å². The molecule has 26 heavy (non-hydrogen) atoms. The molecule has 8 nitrogen and oxygen atoms in total. The molecule has 3 amide bonds. The van der Waals surface area contributed by atoms with Gasteiger partial charge in [0.25, 0.3) is 0 Å². The van der Waals surface area contributed by atoms with Crippen molar-refractivity contribution >= 4 is 48.2 Å². The van der Waals surface area contributed by atoms with Crippen LogP contribution in [0.5, 0.6) is 0 Å². The van der Waals surface area contributed by atoms with Crippen molar-refractivity contribution in [3.63, 3.8) is 0 Å². The summed E-state index contributed by atoms with van der Waals surface area (Å²) in [6.45, 7) is 2.35. The lowest BCUT2D eigenvalue weighted by molar-refractivity contribution is -0.133. The minimum absolute atomic E-state index is 0. The molecule has 0 aromatic heterocycles. The van der Waals surface area contributed by atoms with Crippen LogP contribution < -0.4 is 21.3 Å². The Morgan fingerprint density at radius 2 is 1.46 bits per heavy atom. The first-order chi connectivity index (χ1) is 11.6. The van der Waals surface area contributed by atoms with Gasteiger partial charge in [0.1, 0.15) is 0 Å². The molecule has 4 N–H and O–H groups in total. The number of nitrogens with zero attached hydrogens (tertiary/aromatic N) is 2. The molecular weight excluding hydrogens is 381 g/mol. The smallest absolute Gasteiger partial charge is 0.242 e. The summed E-state index contributed by atoms with van der Waals surface area (Å²) in [6, 6.07) is 10.1. The van der Waals surface area contributed by atoms with Crippen LogP contribution in [-0.2, 0) is 14.4 Å². The molecule has 0 aliphatic carbocycles. The van der Waals surface area contributed by atoms with E-state index >= 15 is 0 Å². The summed E-state index contributed by atoms with van der Waals surface area (Å²) < 4.78 is 0. The lowest BCUT2D eigenvalue weighted by Gasteiger charge is -2.36. The Hall–Kier alpha value is -2.03. The minimum atomic E-state index is -0.409. The van der Waals surface area contributed by atoms with E-state index in [0.29, 0.717) is 13.1 Å². The van der Waals surface area contributed by atoms with Crippen LogP contribution >= 0.6 is 24.8 Å². The number of piperazine rings is 1. The Bertz CT molecular complexity index is 581. The number of benzene rings is 1. The largest absolute Gasteiger partial charge is 0.368 e. The fourth-order valence-electron chi connectivity index (χ4n) is 2.45. The molecule has 1 aliphatic heterocycles. The summed E-state index contributed by atoms with van der Waals surface area (Å²) in [5.74, 6) is -0.942. The summed E-state index contributed by atoms with van der Waals surface area (Å²) in [4.78, 5) is 38.6. The number of para-hydroxylation sites is 1. The van der Waals surface area contributed by atoms with Gasteiger partial charge in [-0.25, -0.2) is 0 Å². The van der Waals surface area contributed by atoms with Crippen molar-refractivity contribution in [2.75, 3.05) is 50.7 Å². The number of hydrogen-bond acceptors (Lipinski definition) is 5. The SMILES string of the molecule is Cl.Cl.NCC(=O)NCC(=O)NCC(=O)N1CCN(c2ccccc2)CC1. The van der Waals surface area contributed by atoms with E-state index in [1.165, 1.54) is 0 Å². The van der Waals surface area contributed by atoms with E-state index in [4.69, 9.17) is 5.73 Å². The number of hydrogen-bond donors (Lipinski definition) is 3. The Balaban J connectivity index is 0.00000312. The number of carbonyl (C=O) groups excluding carboxylic acids is 3. The van der Waals surface area contributed by atoms with E-state index in [1.54, 1.807) is 4.90 Å². The van der Waals surface area contributed by atoms with Crippen LogP contribution in [0.2, 0.25) is 0 Å². The summed E-state index contributed by atoms with van der Waals surface area (Å²) in [5, 5.41) is 4.85. The molecule has 0 bridgehead atoms. The first kappa shape index (κ1) is 24.0. The van der Waals surface area contributed by atoms with Crippen LogP contribution in [0, 0.1) is 0 Å². The normalized spacial score (nSPS) is 13.1. The van der Waals surface area contributed by atoms with Crippen molar-refractivity contribution in [3.8, 4) is 0 Å². The average molecular weight is 406 g/mol. The van der Waals surface area contributed by atoms with Gasteiger partial charge in [-0.1, -0.05) is 18.2 Å². The van der Waals surface area contributed by atoms with Gasteiger partial charge in [-0.3, -0.25) is 14.4 Å². The van der Waals surface area contributed by atoms with Crippen molar-refractivity contribution in [1.29, 1.82) is 0 Å². The van der Waals surface area contributed by atoms with Gasteiger partial charge in [0, 0.05) is 31.9 Å². The van der Waals surface area contributed by atoms with Gasteiger partial charge in [0.15, 0.2) is 0 Å². The third kappa shape index (κ3) is 7.47. The molecule has 0 radical (unpaired) electrons. The highest BCUT2D eigenvalue weighted by Crippen LogP contribution is 2.15. The number of anilines is 1. The average Bonchev–Trinajstić information content (AvgIpc) is 2.64. The maximum absolute atomic E-state index is 12.1. The predicted octanol–water partition coefficient (Wildman–Crippen LogP) is -0.630. The van der Waals surface area contributed by atoms with Gasteiger partial charge < -0.3 is 26.2 Å². The van der Waals surface area contributed by atoms with Gasteiger partial charge >= 0.3 is 0 Å². The zero-order valence-electron chi connectivity index (χ0n) is 14.3. The second-order valence-electron chi connectivity index (χ2n) is 5.46. The number of amides is 3. The van der Waals surface area contributed by atoms with Crippen molar-refractivity contribution in [2.24, 2.45) is 5.73 Å². The topological polar surface area (TPSA) is 108 Å².